The van der Waals surface area contributed by atoms with Gasteiger partial charge in [0.05, 0.1) is 10.4 Å². The van der Waals surface area contributed by atoms with Gasteiger partial charge in [0, 0.05) is 30.2 Å². The van der Waals surface area contributed by atoms with Crippen molar-refractivity contribution in [2.45, 2.75) is 18.7 Å². The first-order valence-corrected chi connectivity index (χ1v) is 10.9. The van der Waals surface area contributed by atoms with E-state index in [0.717, 1.165) is 9.86 Å². The molecule has 0 saturated heterocycles. The number of rotatable bonds is 5. The fourth-order valence-electron chi connectivity index (χ4n) is 2.66. The molecule has 0 N–H and O–H groups in total. The lowest BCUT2D eigenvalue weighted by atomic mass is 10.1. The van der Waals surface area contributed by atoms with Crippen molar-refractivity contribution in [3.63, 3.8) is 0 Å². The normalized spacial score (nSPS) is 11.9. The number of aromatic nitrogens is 1. The molecule has 3 aromatic rings. The third kappa shape index (κ3) is 5.03. The molecule has 1 aromatic heterocycles. The molecular weight excluding hydrogens is 450 g/mol. The van der Waals surface area contributed by atoms with Crippen molar-refractivity contribution in [1.29, 1.82) is 5.26 Å². The summed E-state index contributed by atoms with van der Waals surface area (Å²) in [5.41, 5.74) is 0.838. The molecule has 1 heterocycles. The van der Waals surface area contributed by atoms with Crippen molar-refractivity contribution in [2.75, 3.05) is 14.1 Å². The second-order valence-electron chi connectivity index (χ2n) is 6.04. The van der Waals surface area contributed by atoms with Gasteiger partial charge in [0.25, 0.3) is 0 Å². The molecule has 0 radical (unpaired) electrons. The van der Waals surface area contributed by atoms with Gasteiger partial charge in [0.15, 0.2) is 11.0 Å². The summed E-state index contributed by atoms with van der Waals surface area (Å²) in [4.78, 5) is 15.2. The molecule has 3 rings (SSSR count). The maximum absolute atomic E-state index is 13.3. The Morgan fingerprint density at radius 1 is 1.14 bits per heavy atom. The Morgan fingerprint density at radius 3 is 2.38 bits per heavy atom. The molecule has 7 heteroatoms. The molecule has 0 saturated carbocycles. The predicted octanol–water partition coefficient (Wildman–Crippen LogP) is 5.15. The smallest absolute Gasteiger partial charge is 0.222 e. The molecule has 0 aliphatic carbocycles. The average molecular weight is 472 g/mol. The Labute approximate surface area is 182 Å². The summed E-state index contributed by atoms with van der Waals surface area (Å²) >= 11 is 3.43. The van der Waals surface area contributed by atoms with E-state index in [4.69, 9.17) is 0 Å². The van der Waals surface area contributed by atoms with Gasteiger partial charge in [-0.15, -0.1) is 0 Å². The van der Waals surface area contributed by atoms with Crippen LogP contribution < -0.4 is 0 Å². The Hall–Kier alpha value is -2.69. The van der Waals surface area contributed by atoms with Crippen LogP contribution >= 0.6 is 15.9 Å². The molecule has 5 nitrogen and oxygen atoms in total. The number of Topliss-reactive ketones (excluding diaryl/α,β-unsaturated/α-hetero) is 1. The van der Waals surface area contributed by atoms with Crippen LogP contribution in [0.2, 0.25) is 0 Å². The van der Waals surface area contributed by atoms with Gasteiger partial charge in [0.2, 0.25) is 5.78 Å². The number of carbonyl (C=O) groups excluding carboxylic acids is 1. The van der Waals surface area contributed by atoms with Crippen LogP contribution in [0.15, 0.2) is 75.7 Å². The standard InChI is InChI=1S/C20H16BrN3O2S.C2H6/c1-23(2)13-15(12-22)20(25)19-10-14-8-9-16(21)11-18(14)24(19)27(26)17-6-4-3-5-7-17;1-2/h3-11,13H,1-2H3;1-2H3/b15-13+;. The van der Waals surface area contributed by atoms with E-state index in [9.17, 15) is 14.3 Å². The Morgan fingerprint density at radius 2 is 1.79 bits per heavy atom. The van der Waals surface area contributed by atoms with Gasteiger partial charge < -0.3 is 4.90 Å². The lowest BCUT2D eigenvalue weighted by Gasteiger charge is -2.11. The van der Waals surface area contributed by atoms with E-state index in [1.54, 1.807) is 49.3 Å². The fraction of sp³-hybridized carbons (Fsp3) is 0.182. The van der Waals surface area contributed by atoms with E-state index in [1.165, 1.54) is 10.2 Å². The third-order valence-corrected chi connectivity index (χ3v) is 5.71. The van der Waals surface area contributed by atoms with Gasteiger partial charge in [-0.3, -0.25) is 8.77 Å². The van der Waals surface area contributed by atoms with E-state index in [-0.39, 0.29) is 11.3 Å². The highest BCUT2D eigenvalue weighted by Crippen LogP contribution is 2.28. The SMILES string of the molecule is CC.CN(C)/C=C(\C#N)C(=O)c1cc2ccc(Br)cc2n1S(=O)c1ccccc1. The minimum absolute atomic E-state index is 0.0202. The van der Waals surface area contributed by atoms with E-state index < -0.39 is 16.8 Å². The van der Waals surface area contributed by atoms with Gasteiger partial charge >= 0.3 is 0 Å². The van der Waals surface area contributed by atoms with Gasteiger partial charge in [-0.05, 0) is 30.3 Å². The van der Waals surface area contributed by atoms with Crippen LogP contribution in [0, 0.1) is 11.3 Å². The van der Waals surface area contributed by atoms with Gasteiger partial charge in [-0.1, -0.05) is 54.0 Å². The van der Waals surface area contributed by atoms with Crippen molar-refractivity contribution in [3.05, 3.63) is 76.5 Å². The molecule has 0 spiro atoms. The zero-order valence-corrected chi connectivity index (χ0v) is 19.1. The molecule has 1 atom stereocenters. The van der Waals surface area contributed by atoms with Gasteiger partial charge in [0.1, 0.15) is 17.3 Å². The van der Waals surface area contributed by atoms with Gasteiger partial charge in [-0.2, -0.15) is 5.26 Å². The summed E-state index contributed by atoms with van der Waals surface area (Å²) in [7, 11) is 1.83. The van der Waals surface area contributed by atoms with Crippen LogP contribution in [0.5, 0.6) is 0 Å². The van der Waals surface area contributed by atoms with Crippen molar-refractivity contribution in [1.82, 2.24) is 8.87 Å². The molecule has 0 bridgehead atoms. The third-order valence-electron chi connectivity index (χ3n) is 3.82. The Kier molecular flexibility index (Phi) is 7.94. The van der Waals surface area contributed by atoms with Crippen molar-refractivity contribution in [2.24, 2.45) is 0 Å². The molecule has 0 fully saturated rings. The molecule has 2 aromatic carbocycles. The summed E-state index contributed by atoms with van der Waals surface area (Å²) in [5, 5.41) is 10.2. The number of nitrogens with zero attached hydrogens (tertiary/aromatic N) is 3. The summed E-state index contributed by atoms with van der Waals surface area (Å²) in [6, 6.07) is 18.0. The van der Waals surface area contributed by atoms with Crippen LogP contribution in [-0.4, -0.2) is 33.0 Å². The van der Waals surface area contributed by atoms with Crippen LogP contribution in [0.1, 0.15) is 24.3 Å². The number of ketones is 1. The van der Waals surface area contributed by atoms with E-state index in [1.807, 2.05) is 44.2 Å². The Balaban J connectivity index is 0.00000145. The number of hydrogen-bond donors (Lipinski definition) is 0. The van der Waals surface area contributed by atoms with Crippen LogP contribution in [-0.2, 0) is 11.0 Å². The topological polar surface area (TPSA) is 66.1 Å². The minimum Gasteiger partial charge on any atom is -0.382 e. The number of allylic oxidation sites excluding steroid dienone is 1. The van der Waals surface area contributed by atoms with E-state index >= 15 is 0 Å². The predicted molar refractivity (Wildman–Crippen MR) is 121 cm³/mol. The zero-order valence-electron chi connectivity index (χ0n) is 16.7. The first kappa shape index (κ1) is 22.6. The molecule has 150 valence electrons. The maximum atomic E-state index is 13.3. The quantitative estimate of drug-likeness (QED) is 0.293. The van der Waals surface area contributed by atoms with Crippen molar-refractivity contribution >= 4 is 43.6 Å². The van der Waals surface area contributed by atoms with Crippen molar-refractivity contribution in [3.8, 4) is 6.07 Å². The first-order chi connectivity index (χ1) is 13.9. The van der Waals surface area contributed by atoms with Crippen molar-refractivity contribution < 1.29 is 9.00 Å². The molecule has 0 aliphatic heterocycles. The second kappa shape index (κ2) is 10.2. The Bertz CT molecular complexity index is 1110. The summed E-state index contributed by atoms with van der Waals surface area (Å²) in [6.45, 7) is 4.00. The monoisotopic (exact) mass is 471 g/mol. The average Bonchev–Trinajstić information content (AvgIpc) is 3.11. The number of benzene rings is 2. The lowest BCUT2D eigenvalue weighted by Crippen LogP contribution is -2.16. The highest BCUT2D eigenvalue weighted by atomic mass is 79.9. The number of fused-ring (bicyclic) bond motifs is 1. The second-order valence-corrected chi connectivity index (χ2v) is 8.29. The number of nitriles is 1. The van der Waals surface area contributed by atoms with Crippen LogP contribution in [0.4, 0.5) is 0 Å². The summed E-state index contributed by atoms with van der Waals surface area (Å²) < 4.78 is 15.6. The molecule has 0 amide bonds. The van der Waals surface area contributed by atoms with E-state index in [2.05, 4.69) is 15.9 Å². The van der Waals surface area contributed by atoms with E-state index in [0.29, 0.717) is 10.4 Å². The largest absolute Gasteiger partial charge is 0.382 e. The maximum Gasteiger partial charge on any atom is 0.222 e. The molecule has 1 unspecified atom stereocenters. The highest BCUT2D eigenvalue weighted by Gasteiger charge is 2.23. The number of hydrogen-bond acceptors (Lipinski definition) is 4. The molecule has 29 heavy (non-hydrogen) atoms. The molecule has 0 aliphatic rings. The minimum atomic E-state index is -1.64. The van der Waals surface area contributed by atoms with Gasteiger partial charge in [-0.25, -0.2) is 4.21 Å². The van der Waals surface area contributed by atoms with Crippen LogP contribution in [0.3, 0.4) is 0 Å². The summed E-state index contributed by atoms with van der Waals surface area (Å²) in [6.07, 6.45) is 1.46. The lowest BCUT2D eigenvalue weighted by molar-refractivity contribution is 0.103. The number of halogens is 1. The number of carbonyl (C=O) groups is 1. The molecular formula is C22H22BrN3O2S. The highest BCUT2D eigenvalue weighted by molar-refractivity contribution is 9.10. The van der Waals surface area contributed by atoms with Crippen LogP contribution in [0.25, 0.3) is 10.9 Å². The first-order valence-electron chi connectivity index (χ1n) is 9.03. The summed E-state index contributed by atoms with van der Waals surface area (Å²) in [5.74, 6) is -0.470. The fourth-order valence-corrected chi connectivity index (χ4v) is 4.26. The zero-order chi connectivity index (χ0) is 21.6.